The molecular formula is C16H23N3. The predicted octanol–water partition coefficient (Wildman–Crippen LogP) is 3.16. The highest BCUT2D eigenvalue weighted by atomic mass is 15.4. The minimum atomic E-state index is 0.135. The molecule has 1 saturated carbocycles. The van der Waals surface area contributed by atoms with Crippen molar-refractivity contribution in [2.45, 2.75) is 44.6 Å². The summed E-state index contributed by atoms with van der Waals surface area (Å²) in [6.07, 6.45) is 6.31. The maximum absolute atomic E-state index is 6.18. The molecule has 0 saturated heterocycles. The van der Waals surface area contributed by atoms with Crippen LogP contribution >= 0.6 is 0 Å². The monoisotopic (exact) mass is 257 g/mol. The lowest BCUT2D eigenvalue weighted by atomic mass is 9.88. The molecule has 3 heteroatoms. The average molecular weight is 257 g/mol. The van der Waals surface area contributed by atoms with Crippen LogP contribution in [0, 0.1) is 5.92 Å². The first-order chi connectivity index (χ1) is 9.21. The third-order valence-corrected chi connectivity index (χ3v) is 4.69. The van der Waals surface area contributed by atoms with Gasteiger partial charge >= 0.3 is 0 Å². The summed E-state index contributed by atoms with van der Waals surface area (Å²) >= 11 is 0. The van der Waals surface area contributed by atoms with Crippen LogP contribution in [0.4, 0.5) is 5.69 Å². The number of nitrogens with zero attached hydrogens (tertiary/aromatic N) is 2. The van der Waals surface area contributed by atoms with E-state index in [1.807, 2.05) is 0 Å². The van der Waals surface area contributed by atoms with E-state index in [1.54, 1.807) is 0 Å². The molecular weight excluding hydrogens is 234 g/mol. The Morgan fingerprint density at radius 1 is 1.21 bits per heavy atom. The van der Waals surface area contributed by atoms with Crippen molar-refractivity contribution in [1.82, 2.24) is 0 Å². The maximum Gasteiger partial charge on any atom is 0.196 e. The van der Waals surface area contributed by atoms with Crippen molar-refractivity contribution in [3.05, 3.63) is 30.3 Å². The Bertz CT molecular complexity index is 468. The Hall–Kier alpha value is -1.51. The van der Waals surface area contributed by atoms with Crippen molar-refractivity contribution in [3.8, 4) is 0 Å². The topological polar surface area (TPSA) is 41.6 Å². The summed E-state index contributed by atoms with van der Waals surface area (Å²) in [6, 6.07) is 10.5. The molecule has 2 N–H and O–H groups in total. The lowest BCUT2D eigenvalue weighted by molar-refractivity contribution is 0.392. The third-order valence-electron chi connectivity index (χ3n) is 4.69. The molecule has 1 aliphatic heterocycles. The first-order valence-electron chi connectivity index (χ1n) is 7.36. The van der Waals surface area contributed by atoms with Gasteiger partial charge in [-0.15, -0.1) is 0 Å². The lowest BCUT2D eigenvalue weighted by Crippen LogP contribution is -2.51. The second-order valence-electron chi connectivity index (χ2n) is 6.11. The average Bonchev–Trinajstić information content (AvgIpc) is 2.62. The SMILES string of the molecule is CC1CCCC2(CC1)CN=C(N)N2c1ccccc1. The van der Waals surface area contributed by atoms with Gasteiger partial charge < -0.3 is 10.6 Å². The van der Waals surface area contributed by atoms with Gasteiger partial charge in [0.05, 0.1) is 12.1 Å². The minimum Gasteiger partial charge on any atom is -0.369 e. The number of benzene rings is 1. The molecule has 3 rings (SSSR count). The summed E-state index contributed by atoms with van der Waals surface area (Å²) in [5, 5.41) is 0. The zero-order valence-corrected chi connectivity index (χ0v) is 11.7. The van der Waals surface area contributed by atoms with Gasteiger partial charge in [-0.3, -0.25) is 4.99 Å². The van der Waals surface area contributed by atoms with Crippen LogP contribution in [0.15, 0.2) is 35.3 Å². The van der Waals surface area contributed by atoms with E-state index >= 15 is 0 Å². The number of hydrogen-bond donors (Lipinski definition) is 1. The highest BCUT2D eigenvalue weighted by Gasteiger charge is 2.43. The molecule has 19 heavy (non-hydrogen) atoms. The molecule has 102 valence electrons. The van der Waals surface area contributed by atoms with E-state index in [4.69, 9.17) is 5.73 Å². The van der Waals surface area contributed by atoms with Gasteiger partial charge in [0.2, 0.25) is 0 Å². The Labute approximate surface area is 115 Å². The van der Waals surface area contributed by atoms with Crippen LogP contribution in [0.1, 0.15) is 39.0 Å². The number of aliphatic imine (C=N–C) groups is 1. The van der Waals surface area contributed by atoms with Crippen LogP contribution in [0.3, 0.4) is 0 Å². The fourth-order valence-corrected chi connectivity index (χ4v) is 3.54. The Morgan fingerprint density at radius 3 is 2.79 bits per heavy atom. The van der Waals surface area contributed by atoms with Gasteiger partial charge in [0.25, 0.3) is 0 Å². The number of guanidine groups is 1. The van der Waals surface area contributed by atoms with E-state index in [9.17, 15) is 0 Å². The van der Waals surface area contributed by atoms with Crippen LogP contribution < -0.4 is 10.6 Å². The fraction of sp³-hybridized carbons (Fsp3) is 0.562. The van der Waals surface area contributed by atoms with Gasteiger partial charge in [-0.2, -0.15) is 0 Å². The molecule has 2 aliphatic rings. The van der Waals surface area contributed by atoms with E-state index in [0.29, 0.717) is 5.96 Å². The second-order valence-corrected chi connectivity index (χ2v) is 6.11. The van der Waals surface area contributed by atoms with Crippen molar-refractivity contribution < 1.29 is 0 Å². The second kappa shape index (κ2) is 4.87. The Morgan fingerprint density at radius 2 is 2.00 bits per heavy atom. The molecule has 1 fully saturated rings. The van der Waals surface area contributed by atoms with Gasteiger partial charge in [0, 0.05) is 5.69 Å². The minimum absolute atomic E-state index is 0.135. The zero-order chi connectivity index (χ0) is 13.3. The molecule has 0 bridgehead atoms. The highest BCUT2D eigenvalue weighted by Crippen LogP contribution is 2.40. The normalized spacial score (nSPS) is 31.3. The lowest BCUT2D eigenvalue weighted by Gasteiger charge is -2.39. The largest absolute Gasteiger partial charge is 0.369 e. The van der Waals surface area contributed by atoms with Crippen molar-refractivity contribution >= 4 is 11.6 Å². The molecule has 3 nitrogen and oxygen atoms in total. The quantitative estimate of drug-likeness (QED) is 0.839. The summed E-state index contributed by atoms with van der Waals surface area (Å²) in [6.45, 7) is 3.23. The first kappa shape index (κ1) is 12.5. The zero-order valence-electron chi connectivity index (χ0n) is 11.7. The highest BCUT2D eigenvalue weighted by molar-refractivity contribution is 5.98. The van der Waals surface area contributed by atoms with Gasteiger partial charge in [-0.25, -0.2) is 0 Å². The standard InChI is InChI=1S/C16H23N3/c1-13-6-5-10-16(11-9-13)12-18-15(17)19(16)14-7-3-2-4-8-14/h2-4,7-8,13H,5-6,9-12H2,1H3,(H2,17,18). The van der Waals surface area contributed by atoms with E-state index in [2.05, 4.69) is 47.1 Å². The molecule has 1 aliphatic carbocycles. The van der Waals surface area contributed by atoms with Gasteiger partial charge in [0.1, 0.15) is 0 Å². The molecule has 2 atom stereocenters. The van der Waals surface area contributed by atoms with Crippen molar-refractivity contribution in [1.29, 1.82) is 0 Å². The van der Waals surface area contributed by atoms with Crippen LogP contribution in [0.5, 0.6) is 0 Å². The van der Waals surface area contributed by atoms with Gasteiger partial charge in [-0.05, 0) is 37.3 Å². The van der Waals surface area contributed by atoms with Crippen molar-refractivity contribution in [2.75, 3.05) is 11.4 Å². The van der Waals surface area contributed by atoms with Crippen molar-refractivity contribution in [2.24, 2.45) is 16.6 Å². The van der Waals surface area contributed by atoms with Crippen LogP contribution in [-0.2, 0) is 0 Å². The van der Waals surface area contributed by atoms with Gasteiger partial charge in [0.15, 0.2) is 5.96 Å². The fourth-order valence-electron chi connectivity index (χ4n) is 3.54. The number of hydrogen-bond acceptors (Lipinski definition) is 3. The predicted molar refractivity (Wildman–Crippen MR) is 80.4 cm³/mol. The van der Waals surface area contributed by atoms with E-state index in [0.717, 1.165) is 12.5 Å². The van der Waals surface area contributed by atoms with Crippen LogP contribution in [-0.4, -0.2) is 18.0 Å². The molecule has 0 aromatic heterocycles. The maximum atomic E-state index is 6.18. The molecule has 0 radical (unpaired) electrons. The molecule has 1 spiro atoms. The summed E-state index contributed by atoms with van der Waals surface area (Å²) in [4.78, 5) is 6.85. The summed E-state index contributed by atoms with van der Waals surface area (Å²) in [7, 11) is 0. The number of para-hydroxylation sites is 1. The summed E-state index contributed by atoms with van der Waals surface area (Å²) in [5.74, 6) is 1.53. The smallest absolute Gasteiger partial charge is 0.196 e. The van der Waals surface area contributed by atoms with Crippen molar-refractivity contribution in [3.63, 3.8) is 0 Å². The first-order valence-corrected chi connectivity index (χ1v) is 7.36. The molecule has 2 unspecified atom stereocenters. The molecule has 0 amide bonds. The van der Waals surface area contributed by atoms with E-state index < -0.39 is 0 Å². The summed E-state index contributed by atoms with van der Waals surface area (Å²) < 4.78 is 0. The molecule has 1 aromatic carbocycles. The van der Waals surface area contributed by atoms with E-state index in [-0.39, 0.29) is 5.54 Å². The number of rotatable bonds is 1. The number of anilines is 1. The Kier molecular flexibility index (Phi) is 3.21. The Balaban J connectivity index is 1.93. The molecule has 1 aromatic rings. The third kappa shape index (κ3) is 2.22. The van der Waals surface area contributed by atoms with Crippen LogP contribution in [0.2, 0.25) is 0 Å². The van der Waals surface area contributed by atoms with Gasteiger partial charge in [-0.1, -0.05) is 38.0 Å². The molecule has 1 heterocycles. The van der Waals surface area contributed by atoms with Crippen LogP contribution in [0.25, 0.3) is 0 Å². The summed E-state index contributed by atoms with van der Waals surface area (Å²) in [5.41, 5.74) is 7.50. The number of nitrogens with two attached hydrogens (primary N) is 1. The van der Waals surface area contributed by atoms with E-state index in [1.165, 1.54) is 37.8 Å².